The van der Waals surface area contributed by atoms with Crippen molar-refractivity contribution in [1.29, 1.82) is 0 Å². The maximum absolute atomic E-state index is 5.79. The normalized spacial score (nSPS) is 14.8. The summed E-state index contributed by atoms with van der Waals surface area (Å²) < 4.78 is 5.79. The van der Waals surface area contributed by atoms with Crippen LogP contribution in [0.5, 0.6) is 11.8 Å². The van der Waals surface area contributed by atoms with Gasteiger partial charge in [-0.05, 0) is 57.1 Å². The van der Waals surface area contributed by atoms with Crippen LogP contribution in [0.1, 0.15) is 43.5 Å². The Bertz CT molecular complexity index is 724. The molecular weight excluding hydrogens is 332 g/mol. The number of aryl methyl sites for hydroxylation is 2. The third kappa shape index (κ3) is 5.39. The molecule has 1 heterocycles. The number of hydrogen-bond donors (Lipinski definition) is 2. The molecule has 1 aromatic heterocycles. The van der Waals surface area contributed by atoms with Gasteiger partial charge in [-0.1, -0.05) is 25.3 Å². The minimum absolute atomic E-state index is 0.359. The van der Waals surface area contributed by atoms with E-state index in [4.69, 9.17) is 17.0 Å². The Hall–Kier alpha value is -2.21. The van der Waals surface area contributed by atoms with Gasteiger partial charge in [-0.2, -0.15) is 0 Å². The third-order valence-electron chi connectivity index (χ3n) is 4.20. The molecule has 0 spiro atoms. The summed E-state index contributed by atoms with van der Waals surface area (Å²) in [4.78, 5) is 8.61. The van der Waals surface area contributed by atoms with Crippen molar-refractivity contribution in [3.05, 3.63) is 41.7 Å². The van der Waals surface area contributed by atoms with Crippen molar-refractivity contribution in [2.75, 3.05) is 5.32 Å². The van der Waals surface area contributed by atoms with Crippen molar-refractivity contribution in [3.8, 4) is 11.8 Å². The Kier molecular flexibility index (Phi) is 5.81. The number of aromatic nitrogens is 2. The zero-order valence-corrected chi connectivity index (χ0v) is 15.5. The first-order chi connectivity index (χ1) is 12.1. The lowest BCUT2D eigenvalue weighted by Gasteiger charge is -2.24. The van der Waals surface area contributed by atoms with Crippen LogP contribution in [-0.2, 0) is 0 Å². The molecule has 2 aromatic rings. The fraction of sp³-hybridized carbons (Fsp3) is 0.421. The van der Waals surface area contributed by atoms with Crippen molar-refractivity contribution < 1.29 is 4.74 Å². The fourth-order valence-electron chi connectivity index (χ4n) is 3.08. The highest BCUT2D eigenvalue weighted by molar-refractivity contribution is 7.80. The minimum Gasteiger partial charge on any atom is -0.424 e. The molecule has 3 rings (SSSR count). The Labute approximate surface area is 154 Å². The summed E-state index contributed by atoms with van der Waals surface area (Å²) in [6, 6.07) is 10.4. The van der Waals surface area contributed by atoms with E-state index >= 15 is 0 Å². The van der Waals surface area contributed by atoms with Crippen molar-refractivity contribution >= 4 is 23.0 Å². The SMILES string of the molecule is Cc1cc(C)nc(Oc2cccc(NC(=S)NC3CCCCC3)c2)n1. The molecule has 0 bridgehead atoms. The van der Waals surface area contributed by atoms with E-state index in [0.717, 1.165) is 17.1 Å². The van der Waals surface area contributed by atoms with Crippen LogP contribution < -0.4 is 15.4 Å². The largest absolute Gasteiger partial charge is 0.424 e. The lowest BCUT2D eigenvalue weighted by atomic mass is 9.96. The van der Waals surface area contributed by atoms with Gasteiger partial charge in [0.05, 0.1) is 0 Å². The zero-order valence-electron chi connectivity index (χ0n) is 14.7. The minimum atomic E-state index is 0.359. The summed E-state index contributed by atoms with van der Waals surface area (Å²) in [5.74, 6) is 0.676. The fourth-order valence-corrected chi connectivity index (χ4v) is 3.37. The van der Waals surface area contributed by atoms with E-state index in [2.05, 4.69) is 20.6 Å². The second-order valence-corrected chi connectivity index (χ2v) is 6.90. The standard InChI is InChI=1S/C19H24N4OS/c1-13-11-14(2)21-18(20-13)24-17-10-6-9-16(12-17)23-19(25)22-15-7-4-3-5-8-15/h6,9-12,15H,3-5,7-8H2,1-2H3,(H2,22,23,25). The molecule has 0 amide bonds. The Balaban J connectivity index is 1.61. The molecule has 0 saturated heterocycles. The summed E-state index contributed by atoms with van der Waals surface area (Å²) >= 11 is 5.44. The van der Waals surface area contributed by atoms with Crippen LogP contribution in [0, 0.1) is 13.8 Å². The molecule has 132 valence electrons. The molecule has 1 aliphatic rings. The van der Waals surface area contributed by atoms with Gasteiger partial charge in [-0.15, -0.1) is 0 Å². The van der Waals surface area contributed by atoms with Crippen LogP contribution in [0.25, 0.3) is 0 Å². The van der Waals surface area contributed by atoms with Gasteiger partial charge in [0.25, 0.3) is 0 Å². The number of rotatable bonds is 4. The zero-order chi connectivity index (χ0) is 17.6. The van der Waals surface area contributed by atoms with Gasteiger partial charge in [0, 0.05) is 29.2 Å². The summed E-state index contributed by atoms with van der Waals surface area (Å²) in [6.45, 7) is 3.85. The van der Waals surface area contributed by atoms with Crippen LogP contribution in [0.4, 0.5) is 5.69 Å². The van der Waals surface area contributed by atoms with E-state index in [0.29, 0.717) is 22.9 Å². The van der Waals surface area contributed by atoms with Gasteiger partial charge in [0.2, 0.25) is 0 Å². The number of hydrogen-bond acceptors (Lipinski definition) is 4. The molecule has 0 radical (unpaired) electrons. The molecule has 0 unspecified atom stereocenters. The number of ether oxygens (including phenoxy) is 1. The first kappa shape index (κ1) is 17.6. The van der Waals surface area contributed by atoms with Crippen molar-refractivity contribution in [2.45, 2.75) is 52.0 Å². The van der Waals surface area contributed by atoms with E-state index in [9.17, 15) is 0 Å². The molecule has 1 fully saturated rings. The average Bonchev–Trinajstić information content (AvgIpc) is 2.55. The predicted molar refractivity (Wildman–Crippen MR) is 104 cm³/mol. The predicted octanol–water partition coefficient (Wildman–Crippen LogP) is 4.50. The average molecular weight is 356 g/mol. The summed E-state index contributed by atoms with van der Waals surface area (Å²) in [7, 11) is 0. The summed E-state index contributed by atoms with van der Waals surface area (Å²) in [5.41, 5.74) is 2.65. The first-order valence-corrected chi connectivity index (χ1v) is 9.17. The van der Waals surface area contributed by atoms with Crippen LogP contribution in [0.3, 0.4) is 0 Å². The van der Waals surface area contributed by atoms with Crippen LogP contribution in [-0.4, -0.2) is 21.1 Å². The molecule has 1 aromatic carbocycles. The number of nitrogens with zero attached hydrogens (tertiary/aromatic N) is 2. The van der Waals surface area contributed by atoms with Crippen molar-refractivity contribution in [3.63, 3.8) is 0 Å². The highest BCUT2D eigenvalue weighted by Crippen LogP contribution is 2.22. The lowest BCUT2D eigenvalue weighted by Crippen LogP contribution is -2.38. The molecule has 1 aliphatic carbocycles. The smallest absolute Gasteiger partial charge is 0.322 e. The van der Waals surface area contributed by atoms with Crippen LogP contribution in [0.15, 0.2) is 30.3 Å². The quantitative estimate of drug-likeness (QED) is 0.786. The number of nitrogens with one attached hydrogen (secondary N) is 2. The van der Waals surface area contributed by atoms with Crippen LogP contribution in [0.2, 0.25) is 0 Å². The maximum atomic E-state index is 5.79. The highest BCUT2D eigenvalue weighted by atomic mass is 32.1. The van der Waals surface area contributed by atoms with Gasteiger partial charge in [-0.3, -0.25) is 0 Å². The van der Waals surface area contributed by atoms with Gasteiger partial charge in [0.15, 0.2) is 5.11 Å². The molecule has 1 saturated carbocycles. The van der Waals surface area contributed by atoms with E-state index < -0.39 is 0 Å². The number of thiocarbonyl (C=S) groups is 1. The lowest BCUT2D eigenvalue weighted by molar-refractivity contribution is 0.415. The maximum Gasteiger partial charge on any atom is 0.322 e. The molecule has 5 nitrogen and oxygen atoms in total. The second kappa shape index (κ2) is 8.25. The molecule has 6 heteroatoms. The Morgan fingerprint density at radius 1 is 1.08 bits per heavy atom. The number of anilines is 1. The molecule has 0 aliphatic heterocycles. The topological polar surface area (TPSA) is 59.1 Å². The van der Waals surface area contributed by atoms with E-state index in [1.165, 1.54) is 32.1 Å². The molecular formula is C19H24N4OS. The van der Waals surface area contributed by atoms with E-state index in [-0.39, 0.29) is 0 Å². The van der Waals surface area contributed by atoms with Crippen LogP contribution >= 0.6 is 12.2 Å². The van der Waals surface area contributed by atoms with Crippen molar-refractivity contribution in [1.82, 2.24) is 15.3 Å². The van der Waals surface area contributed by atoms with E-state index in [1.807, 2.05) is 44.2 Å². The van der Waals surface area contributed by atoms with Gasteiger partial charge in [0.1, 0.15) is 5.75 Å². The summed E-state index contributed by atoms with van der Waals surface area (Å²) in [6.07, 6.45) is 6.27. The Morgan fingerprint density at radius 3 is 2.52 bits per heavy atom. The monoisotopic (exact) mass is 356 g/mol. The second-order valence-electron chi connectivity index (χ2n) is 6.50. The van der Waals surface area contributed by atoms with E-state index in [1.54, 1.807) is 0 Å². The summed E-state index contributed by atoms with van der Waals surface area (Å²) in [5, 5.41) is 7.30. The first-order valence-electron chi connectivity index (χ1n) is 8.76. The number of benzene rings is 1. The third-order valence-corrected chi connectivity index (χ3v) is 4.42. The Morgan fingerprint density at radius 2 is 1.80 bits per heavy atom. The van der Waals surface area contributed by atoms with Gasteiger partial charge < -0.3 is 15.4 Å². The molecule has 2 N–H and O–H groups in total. The van der Waals surface area contributed by atoms with Gasteiger partial charge >= 0.3 is 6.01 Å². The van der Waals surface area contributed by atoms with Crippen molar-refractivity contribution in [2.24, 2.45) is 0 Å². The van der Waals surface area contributed by atoms with Gasteiger partial charge in [-0.25, -0.2) is 9.97 Å². The highest BCUT2D eigenvalue weighted by Gasteiger charge is 2.14. The molecule has 0 atom stereocenters. The molecule has 25 heavy (non-hydrogen) atoms.